The van der Waals surface area contributed by atoms with E-state index in [2.05, 4.69) is 30.6 Å². The molecule has 2 N–H and O–H groups in total. The largest absolute Gasteiger partial charge is 0.364 e. The van der Waals surface area contributed by atoms with Gasteiger partial charge in [-0.3, -0.25) is 14.7 Å². The van der Waals surface area contributed by atoms with Gasteiger partial charge in [0.15, 0.2) is 5.96 Å². The summed E-state index contributed by atoms with van der Waals surface area (Å²) in [5.74, 6) is 1.01. The van der Waals surface area contributed by atoms with Gasteiger partial charge in [0.2, 0.25) is 5.91 Å². The highest BCUT2D eigenvalue weighted by Gasteiger charge is 2.21. The summed E-state index contributed by atoms with van der Waals surface area (Å²) in [5.41, 5.74) is 0.967. The maximum Gasteiger partial charge on any atom is 0.221 e. The molecule has 152 valence electrons. The smallest absolute Gasteiger partial charge is 0.221 e. The Morgan fingerprint density at radius 3 is 2.67 bits per heavy atom. The Morgan fingerprint density at radius 2 is 2.04 bits per heavy atom. The summed E-state index contributed by atoms with van der Waals surface area (Å²) in [6.45, 7) is 5.16. The molecule has 27 heavy (non-hydrogen) atoms. The molecule has 0 radical (unpaired) electrons. The third-order valence-electron chi connectivity index (χ3n) is 5.12. The average Bonchev–Trinajstić information content (AvgIpc) is 3.34. The first-order chi connectivity index (χ1) is 12.7. The summed E-state index contributed by atoms with van der Waals surface area (Å²) >= 11 is 0. The molecule has 1 aliphatic heterocycles. The van der Waals surface area contributed by atoms with Crippen LogP contribution < -0.4 is 10.6 Å². The van der Waals surface area contributed by atoms with E-state index >= 15 is 0 Å². The van der Waals surface area contributed by atoms with E-state index in [1.807, 2.05) is 6.07 Å². The van der Waals surface area contributed by atoms with E-state index in [0.717, 1.165) is 57.2 Å². The lowest BCUT2D eigenvalue weighted by Gasteiger charge is -2.36. The fourth-order valence-electron chi connectivity index (χ4n) is 3.66. The molecule has 1 aromatic rings. The third kappa shape index (κ3) is 6.95. The van der Waals surface area contributed by atoms with Crippen LogP contribution in [0.25, 0.3) is 0 Å². The van der Waals surface area contributed by atoms with Crippen LogP contribution in [-0.2, 0) is 11.3 Å². The highest BCUT2D eigenvalue weighted by molar-refractivity contribution is 14.0. The van der Waals surface area contributed by atoms with Crippen molar-refractivity contribution in [3.05, 3.63) is 18.0 Å². The van der Waals surface area contributed by atoms with Crippen molar-refractivity contribution in [3.63, 3.8) is 0 Å². The van der Waals surface area contributed by atoms with Crippen molar-refractivity contribution in [2.75, 3.05) is 39.8 Å². The second kappa shape index (κ2) is 11.5. The van der Waals surface area contributed by atoms with E-state index in [9.17, 15) is 4.79 Å². The number of rotatable bonds is 6. The van der Waals surface area contributed by atoms with Gasteiger partial charge in [0, 0.05) is 64.8 Å². The Balaban J connectivity index is 0.00000261. The fourth-order valence-corrected chi connectivity index (χ4v) is 3.66. The number of nitrogens with one attached hydrogen (secondary N) is 2. The van der Waals surface area contributed by atoms with Crippen LogP contribution in [-0.4, -0.2) is 72.6 Å². The number of hydrogen-bond acceptors (Lipinski definition) is 5. The second-order valence-electron chi connectivity index (χ2n) is 7.03. The van der Waals surface area contributed by atoms with Crippen LogP contribution in [0.2, 0.25) is 0 Å². The number of amides is 1. The molecule has 9 heteroatoms. The number of aromatic nitrogens is 1. The van der Waals surface area contributed by atoms with E-state index in [1.165, 1.54) is 12.8 Å². The molecule has 2 fully saturated rings. The highest BCUT2D eigenvalue weighted by Crippen LogP contribution is 2.17. The van der Waals surface area contributed by atoms with Crippen molar-refractivity contribution >= 4 is 35.8 Å². The number of hydrogen-bond donors (Lipinski definition) is 2. The molecule has 0 aromatic carbocycles. The van der Waals surface area contributed by atoms with Crippen LogP contribution in [0, 0.1) is 0 Å². The lowest BCUT2D eigenvalue weighted by atomic mass is 10.2. The van der Waals surface area contributed by atoms with Gasteiger partial charge in [-0.1, -0.05) is 18.0 Å². The Kier molecular flexibility index (Phi) is 9.32. The molecule has 1 amide bonds. The van der Waals surface area contributed by atoms with Crippen molar-refractivity contribution < 1.29 is 9.32 Å². The number of aliphatic imine (C=N–C) groups is 1. The molecule has 0 atom stereocenters. The van der Waals surface area contributed by atoms with E-state index in [1.54, 1.807) is 13.3 Å². The summed E-state index contributed by atoms with van der Waals surface area (Å²) in [6, 6.07) is 2.29. The molecular formula is C18H31IN6O2. The Bertz CT molecular complexity index is 581. The van der Waals surface area contributed by atoms with Crippen molar-refractivity contribution in [2.24, 2.45) is 4.99 Å². The highest BCUT2D eigenvalue weighted by atomic mass is 127. The van der Waals surface area contributed by atoms with Crippen LogP contribution >= 0.6 is 24.0 Å². The maximum absolute atomic E-state index is 12.0. The minimum Gasteiger partial charge on any atom is -0.364 e. The molecule has 1 saturated heterocycles. The van der Waals surface area contributed by atoms with E-state index in [-0.39, 0.29) is 29.9 Å². The first-order valence-corrected chi connectivity index (χ1v) is 9.61. The third-order valence-corrected chi connectivity index (χ3v) is 5.12. The number of halogens is 1. The van der Waals surface area contributed by atoms with Crippen LogP contribution in [0.15, 0.2) is 21.8 Å². The van der Waals surface area contributed by atoms with Crippen LogP contribution in [0.4, 0.5) is 0 Å². The zero-order chi connectivity index (χ0) is 18.2. The number of guanidine groups is 1. The monoisotopic (exact) mass is 490 g/mol. The maximum atomic E-state index is 12.0. The van der Waals surface area contributed by atoms with Gasteiger partial charge in [0.05, 0.1) is 5.69 Å². The Morgan fingerprint density at radius 1 is 1.30 bits per heavy atom. The lowest BCUT2D eigenvalue weighted by molar-refractivity contribution is -0.121. The van der Waals surface area contributed by atoms with Crippen LogP contribution in [0.5, 0.6) is 0 Å². The predicted octanol–water partition coefficient (Wildman–Crippen LogP) is 1.43. The SMILES string of the molecule is CN=C(NCCC(=O)NC1CCCC1)N1CCN(Cc2ccon2)CC1.I. The number of carbonyl (C=O) groups excluding carboxylic acids is 1. The van der Waals surface area contributed by atoms with E-state index in [0.29, 0.717) is 19.0 Å². The molecule has 3 rings (SSSR count). The standard InChI is InChI=1S/C18H30N6O2.HI/c1-19-18(20-8-6-17(25)21-15-4-2-3-5-15)24-11-9-23(10-12-24)14-16-7-13-26-22-16;/h7,13,15H,2-6,8-12,14H2,1H3,(H,19,20)(H,21,25);1H. The van der Waals surface area contributed by atoms with Gasteiger partial charge < -0.3 is 20.1 Å². The van der Waals surface area contributed by atoms with Crippen molar-refractivity contribution in [2.45, 2.75) is 44.7 Å². The zero-order valence-corrected chi connectivity index (χ0v) is 18.4. The summed E-state index contributed by atoms with van der Waals surface area (Å²) in [6.07, 6.45) is 6.82. The normalized spacial score (nSPS) is 19.0. The van der Waals surface area contributed by atoms with Gasteiger partial charge >= 0.3 is 0 Å². The quantitative estimate of drug-likeness (QED) is 0.357. The molecule has 0 bridgehead atoms. The first kappa shape index (κ1) is 21.9. The molecule has 2 aliphatic rings. The van der Waals surface area contributed by atoms with Gasteiger partial charge in [-0.05, 0) is 12.8 Å². The van der Waals surface area contributed by atoms with Crippen LogP contribution in [0.3, 0.4) is 0 Å². The molecule has 1 saturated carbocycles. The van der Waals surface area contributed by atoms with Gasteiger partial charge in [-0.2, -0.15) is 0 Å². The first-order valence-electron chi connectivity index (χ1n) is 9.61. The molecule has 0 unspecified atom stereocenters. The fraction of sp³-hybridized carbons (Fsp3) is 0.722. The van der Waals surface area contributed by atoms with Crippen molar-refractivity contribution in [1.29, 1.82) is 0 Å². The Hall–Kier alpha value is -1.36. The summed E-state index contributed by atoms with van der Waals surface area (Å²) in [4.78, 5) is 21.0. The lowest BCUT2D eigenvalue weighted by Crippen LogP contribution is -2.52. The molecule has 2 heterocycles. The van der Waals surface area contributed by atoms with Gasteiger partial charge in [-0.15, -0.1) is 24.0 Å². The second-order valence-corrected chi connectivity index (χ2v) is 7.03. The van der Waals surface area contributed by atoms with Gasteiger partial charge in [0.1, 0.15) is 6.26 Å². The number of piperazine rings is 1. The minimum atomic E-state index is 0. The molecule has 0 spiro atoms. The number of carbonyl (C=O) groups is 1. The zero-order valence-electron chi connectivity index (χ0n) is 16.0. The summed E-state index contributed by atoms with van der Waals surface area (Å²) in [7, 11) is 1.79. The van der Waals surface area contributed by atoms with Gasteiger partial charge in [-0.25, -0.2) is 0 Å². The molecule has 8 nitrogen and oxygen atoms in total. The minimum absolute atomic E-state index is 0. The Labute approximate surface area is 178 Å². The van der Waals surface area contributed by atoms with Crippen LogP contribution in [0.1, 0.15) is 37.8 Å². The molecular weight excluding hydrogens is 459 g/mol. The van der Waals surface area contributed by atoms with Crippen molar-refractivity contribution in [1.82, 2.24) is 25.6 Å². The molecule has 1 aliphatic carbocycles. The van der Waals surface area contributed by atoms with E-state index < -0.39 is 0 Å². The summed E-state index contributed by atoms with van der Waals surface area (Å²) in [5, 5.41) is 10.4. The van der Waals surface area contributed by atoms with Crippen molar-refractivity contribution in [3.8, 4) is 0 Å². The predicted molar refractivity (Wildman–Crippen MR) is 115 cm³/mol. The average molecular weight is 490 g/mol. The molecule has 1 aromatic heterocycles. The topological polar surface area (TPSA) is 86.0 Å². The van der Waals surface area contributed by atoms with E-state index in [4.69, 9.17) is 4.52 Å². The summed E-state index contributed by atoms with van der Waals surface area (Å²) < 4.78 is 4.89. The number of nitrogens with zero attached hydrogens (tertiary/aromatic N) is 4. The van der Waals surface area contributed by atoms with Gasteiger partial charge in [0.25, 0.3) is 0 Å².